The number of morpholine rings is 1. The summed E-state index contributed by atoms with van der Waals surface area (Å²) in [5.74, 6) is 0. The van der Waals surface area contributed by atoms with Gasteiger partial charge < -0.3 is 10.5 Å². The minimum Gasteiger partial charge on any atom is -0.379 e. The standard InChI is InChI=1S/C12H16Cl2N2O/c13-10-2-1-9(7-11(10)14)12(15)8-16-3-5-17-6-4-16/h1-2,7,12H,3-6,8,15H2. The van der Waals surface area contributed by atoms with Gasteiger partial charge in [-0.2, -0.15) is 0 Å². The van der Waals surface area contributed by atoms with Crippen molar-refractivity contribution >= 4 is 23.2 Å². The third-order valence-electron chi connectivity index (χ3n) is 2.93. The monoisotopic (exact) mass is 274 g/mol. The Morgan fingerprint density at radius 3 is 2.59 bits per heavy atom. The molecule has 0 bridgehead atoms. The van der Waals surface area contributed by atoms with Crippen LogP contribution in [0.1, 0.15) is 11.6 Å². The first kappa shape index (κ1) is 13.1. The fourth-order valence-electron chi connectivity index (χ4n) is 1.91. The average molecular weight is 275 g/mol. The fourth-order valence-corrected chi connectivity index (χ4v) is 2.22. The van der Waals surface area contributed by atoms with Crippen molar-refractivity contribution in [2.75, 3.05) is 32.8 Å². The van der Waals surface area contributed by atoms with Crippen LogP contribution in [-0.2, 0) is 4.74 Å². The van der Waals surface area contributed by atoms with Crippen LogP contribution in [0.25, 0.3) is 0 Å². The van der Waals surface area contributed by atoms with Gasteiger partial charge in [-0.3, -0.25) is 4.90 Å². The average Bonchev–Trinajstić information content (AvgIpc) is 2.34. The lowest BCUT2D eigenvalue weighted by atomic mass is 10.1. The molecule has 1 heterocycles. The maximum atomic E-state index is 6.16. The smallest absolute Gasteiger partial charge is 0.0595 e. The second kappa shape index (κ2) is 6.03. The first-order chi connectivity index (χ1) is 8.16. The third-order valence-corrected chi connectivity index (χ3v) is 3.67. The molecule has 1 aliphatic heterocycles. The highest BCUT2D eigenvalue weighted by Crippen LogP contribution is 2.25. The topological polar surface area (TPSA) is 38.5 Å². The fraction of sp³-hybridized carbons (Fsp3) is 0.500. The van der Waals surface area contributed by atoms with Crippen LogP contribution in [-0.4, -0.2) is 37.7 Å². The summed E-state index contributed by atoms with van der Waals surface area (Å²) in [5, 5.41) is 1.12. The summed E-state index contributed by atoms with van der Waals surface area (Å²) in [6.07, 6.45) is 0. The van der Waals surface area contributed by atoms with Crippen molar-refractivity contribution in [1.82, 2.24) is 4.90 Å². The van der Waals surface area contributed by atoms with E-state index in [0.717, 1.165) is 38.4 Å². The largest absolute Gasteiger partial charge is 0.379 e. The molecule has 1 unspecified atom stereocenters. The highest BCUT2D eigenvalue weighted by atomic mass is 35.5. The van der Waals surface area contributed by atoms with Crippen molar-refractivity contribution < 1.29 is 4.74 Å². The summed E-state index contributed by atoms with van der Waals surface area (Å²) in [5.41, 5.74) is 7.18. The number of benzene rings is 1. The van der Waals surface area contributed by atoms with Crippen LogP contribution in [0, 0.1) is 0 Å². The molecular formula is C12H16Cl2N2O. The van der Waals surface area contributed by atoms with Crippen molar-refractivity contribution in [3.63, 3.8) is 0 Å². The van der Waals surface area contributed by atoms with Gasteiger partial charge in [0.1, 0.15) is 0 Å². The van der Waals surface area contributed by atoms with E-state index >= 15 is 0 Å². The predicted octanol–water partition coefficient (Wildman–Crippen LogP) is 2.33. The van der Waals surface area contributed by atoms with Crippen molar-refractivity contribution in [2.45, 2.75) is 6.04 Å². The van der Waals surface area contributed by atoms with E-state index in [-0.39, 0.29) is 6.04 Å². The quantitative estimate of drug-likeness (QED) is 0.920. The summed E-state index contributed by atoms with van der Waals surface area (Å²) in [6, 6.07) is 5.52. The van der Waals surface area contributed by atoms with Crippen molar-refractivity contribution in [3.8, 4) is 0 Å². The molecule has 17 heavy (non-hydrogen) atoms. The Labute approximate surface area is 111 Å². The first-order valence-corrected chi connectivity index (χ1v) is 6.43. The van der Waals surface area contributed by atoms with Crippen LogP contribution >= 0.6 is 23.2 Å². The Kier molecular flexibility index (Phi) is 4.65. The molecule has 3 nitrogen and oxygen atoms in total. The lowest BCUT2D eigenvalue weighted by Crippen LogP contribution is -2.40. The van der Waals surface area contributed by atoms with E-state index in [1.54, 1.807) is 6.07 Å². The van der Waals surface area contributed by atoms with Gasteiger partial charge in [-0.15, -0.1) is 0 Å². The zero-order valence-corrected chi connectivity index (χ0v) is 11.0. The molecular weight excluding hydrogens is 259 g/mol. The van der Waals surface area contributed by atoms with E-state index in [0.29, 0.717) is 10.0 Å². The van der Waals surface area contributed by atoms with Gasteiger partial charge in [0.25, 0.3) is 0 Å². The maximum Gasteiger partial charge on any atom is 0.0595 e. The van der Waals surface area contributed by atoms with E-state index in [9.17, 15) is 0 Å². The molecule has 1 saturated heterocycles. The van der Waals surface area contributed by atoms with Gasteiger partial charge in [0.2, 0.25) is 0 Å². The summed E-state index contributed by atoms with van der Waals surface area (Å²) in [7, 11) is 0. The summed E-state index contributed by atoms with van der Waals surface area (Å²) < 4.78 is 5.30. The zero-order valence-electron chi connectivity index (χ0n) is 9.53. The SMILES string of the molecule is NC(CN1CCOCC1)c1ccc(Cl)c(Cl)c1. The molecule has 94 valence electrons. The number of halogens is 2. The molecule has 1 atom stereocenters. The van der Waals surface area contributed by atoms with Crippen LogP contribution in [0.5, 0.6) is 0 Å². The van der Waals surface area contributed by atoms with Crippen LogP contribution in [0.4, 0.5) is 0 Å². The van der Waals surface area contributed by atoms with Crippen LogP contribution in [0.15, 0.2) is 18.2 Å². The van der Waals surface area contributed by atoms with Crippen molar-refractivity contribution in [2.24, 2.45) is 5.73 Å². The highest BCUT2D eigenvalue weighted by Gasteiger charge is 2.15. The van der Waals surface area contributed by atoms with E-state index in [1.165, 1.54) is 0 Å². The molecule has 0 aromatic heterocycles. The molecule has 1 fully saturated rings. The van der Waals surface area contributed by atoms with Crippen molar-refractivity contribution in [1.29, 1.82) is 0 Å². The maximum absolute atomic E-state index is 6.16. The van der Waals surface area contributed by atoms with E-state index in [1.807, 2.05) is 12.1 Å². The van der Waals surface area contributed by atoms with Gasteiger partial charge in [0.05, 0.1) is 23.3 Å². The Morgan fingerprint density at radius 1 is 1.24 bits per heavy atom. The predicted molar refractivity (Wildman–Crippen MR) is 70.6 cm³/mol. The minimum absolute atomic E-state index is 0.0390. The molecule has 1 aliphatic rings. The Morgan fingerprint density at radius 2 is 1.94 bits per heavy atom. The normalized spacial score (nSPS) is 19.2. The van der Waals surface area contributed by atoms with Gasteiger partial charge in [0, 0.05) is 25.7 Å². The second-order valence-corrected chi connectivity index (χ2v) is 5.01. The van der Waals surface area contributed by atoms with E-state index < -0.39 is 0 Å². The molecule has 0 radical (unpaired) electrons. The lowest BCUT2D eigenvalue weighted by molar-refractivity contribution is 0.0352. The molecule has 5 heteroatoms. The van der Waals surface area contributed by atoms with Crippen LogP contribution < -0.4 is 5.73 Å². The molecule has 0 aliphatic carbocycles. The van der Waals surface area contributed by atoms with Crippen LogP contribution in [0.2, 0.25) is 10.0 Å². The van der Waals surface area contributed by atoms with Gasteiger partial charge in [-0.05, 0) is 17.7 Å². The molecule has 2 N–H and O–H groups in total. The number of ether oxygens (including phenoxy) is 1. The second-order valence-electron chi connectivity index (χ2n) is 4.19. The van der Waals surface area contributed by atoms with Crippen LogP contribution in [0.3, 0.4) is 0 Å². The first-order valence-electron chi connectivity index (χ1n) is 5.67. The number of rotatable bonds is 3. The highest BCUT2D eigenvalue weighted by molar-refractivity contribution is 6.42. The minimum atomic E-state index is -0.0390. The zero-order chi connectivity index (χ0) is 12.3. The molecule has 1 aromatic carbocycles. The molecule has 0 saturated carbocycles. The molecule has 2 rings (SSSR count). The van der Waals surface area contributed by atoms with Gasteiger partial charge in [-0.25, -0.2) is 0 Å². The van der Waals surface area contributed by atoms with Crippen molar-refractivity contribution in [3.05, 3.63) is 33.8 Å². The summed E-state index contributed by atoms with van der Waals surface area (Å²) >= 11 is 11.9. The molecule has 0 spiro atoms. The van der Waals surface area contributed by atoms with Gasteiger partial charge in [0.15, 0.2) is 0 Å². The Balaban J connectivity index is 1.98. The van der Waals surface area contributed by atoms with E-state index in [2.05, 4.69) is 4.90 Å². The number of nitrogens with zero attached hydrogens (tertiary/aromatic N) is 1. The number of hydrogen-bond acceptors (Lipinski definition) is 3. The van der Waals surface area contributed by atoms with Gasteiger partial charge in [-0.1, -0.05) is 29.3 Å². The number of hydrogen-bond donors (Lipinski definition) is 1. The summed E-state index contributed by atoms with van der Waals surface area (Å²) in [6.45, 7) is 4.27. The van der Waals surface area contributed by atoms with Gasteiger partial charge >= 0.3 is 0 Å². The summed E-state index contributed by atoms with van der Waals surface area (Å²) in [4.78, 5) is 2.30. The molecule has 1 aromatic rings. The lowest BCUT2D eigenvalue weighted by Gasteiger charge is -2.29. The number of nitrogens with two attached hydrogens (primary N) is 1. The Bertz CT molecular complexity index is 381. The molecule has 0 amide bonds. The Hall–Kier alpha value is -0.320. The van der Waals surface area contributed by atoms with E-state index in [4.69, 9.17) is 33.7 Å². The third kappa shape index (κ3) is 3.57.